The first-order chi connectivity index (χ1) is 11.6. The Labute approximate surface area is 188 Å². The van der Waals surface area contributed by atoms with Gasteiger partial charge in [0.1, 0.15) is 0 Å². The van der Waals surface area contributed by atoms with E-state index in [1.165, 1.54) is 19.3 Å². The van der Waals surface area contributed by atoms with Gasteiger partial charge in [-0.1, -0.05) is 31.4 Å². The van der Waals surface area contributed by atoms with Gasteiger partial charge in [-0.3, -0.25) is 9.59 Å². The van der Waals surface area contributed by atoms with Crippen LogP contribution >= 0.6 is 0 Å². The molecule has 3 aliphatic rings. The van der Waals surface area contributed by atoms with E-state index in [0.717, 1.165) is 19.6 Å². The van der Waals surface area contributed by atoms with Crippen LogP contribution < -0.4 is 0 Å². The molecule has 0 aromatic carbocycles. The van der Waals surface area contributed by atoms with Crippen molar-refractivity contribution >= 4 is 11.9 Å². The van der Waals surface area contributed by atoms with E-state index in [9.17, 15) is 9.59 Å². The number of carboxylic acid groups (broad SMARTS) is 2. The third-order valence-corrected chi connectivity index (χ3v) is 4.21. The summed E-state index contributed by atoms with van der Waals surface area (Å²) in [6.45, 7) is 3.11. The van der Waals surface area contributed by atoms with Crippen LogP contribution in [-0.4, -0.2) is 47.3 Å². The van der Waals surface area contributed by atoms with Gasteiger partial charge < -0.3 is 31.8 Å². The molecule has 0 atom stereocenters. The van der Waals surface area contributed by atoms with Gasteiger partial charge in [0.15, 0.2) is 0 Å². The Bertz CT molecular complexity index is 392. The maximum Gasteiger partial charge on any atom is 2.00 e. The van der Waals surface area contributed by atoms with Crippen molar-refractivity contribution in [3.05, 3.63) is 35.1 Å². The number of allylic oxidation sites excluding steroid dienone is 2. The minimum absolute atomic E-state index is 0. The monoisotopic (exact) mass is 499 g/mol. The molecule has 2 heterocycles. The topological polar surface area (TPSA) is 167 Å². The second-order valence-electron chi connectivity index (χ2n) is 6.09. The van der Waals surface area contributed by atoms with Gasteiger partial charge in [0.2, 0.25) is 0 Å². The minimum Gasteiger partial charge on any atom is -0.687 e. The second-order valence-corrected chi connectivity index (χ2v) is 6.09. The number of carboxylic acids is 2. The van der Waals surface area contributed by atoms with Gasteiger partial charge >= 0.3 is 29.0 Å². The van der Waals surface area contributed by atoms with Crippen LogP contribution in [0.2, 0.25) is 0 Å². The first-order valence-electron chi connectivity index (χ1n) is 8.68. The van der Waals surface area contributed by atoms with Crippen molar-refractivity contribution < 1.29 is 64.9 Å². The van der Waals surface area contributed by atoms with Gasteiger partial charge in [-0.2, -0.15) is 6.20 Å². The van der Waals surface area contributed by atoms with Crippen molar-refractivity contribution in [2.75, 3.05) is 19.6 Å². The van der Waals surface area contributed by atoms with Crippen molar-refractivity contribution in [2.45, 2.75) is 44.9 Å². The van der Waals surface area contributed by atoms with E-state index in [1.54, 1.807) is 6.20 Å². The molecule has 0 aromatic rings. The van der Waals surface area contributed by atoms with Crippen LogP contribution in [0.1, 0.15) is 44.9 Å². The maximum absolute atomic E-state index is 10.5. The number of hydrogen-bond donors (Lipinski definition) is 2. The van der Waals surface area contributed by atoms with E-state index in [1.807, 2.05) is 18.2 Å². The summed E-state index contributed by atoms with van der Waals surface area (Å²) >= 11 is 0. The second kappa shape index (κ2) is 22.4. The zero-order valence-corrected chi connectivity index (χ0v) is 17.7. The van der Waals surface area contributed by atoms with E-state index < -0.39 is 11.9 Å². The average Bonchev–Trinajstić information content (AvgIpc) is 2.65. The molecule has 1 aliphatic carbocycles. The Balaban J connectivity index is -0.000000155. The third kappa shape index (κ3) is 17.3. The molecule has 2 aliphatic heterocycles. The molecule has 1 saturated heterocycles. The van der Waals surface area contributed by atoms with E-state index in [2.05, 4.69) is 10.6 Å². The number of nitrogens with zero attached hydrogens (tertiary/aromatic N) is 2. The minimum atomic E-state index is -0.793. The molecule has 2 fully saturated rings. The smallest absolute Gasteiger partial charge is 0.687 e. The molecule has 0 unspecified atom stereocenters. The van der Waals surface area contributed by atoms with Crippen molar-refractivity contribution in [3.8, 4) is 0 Å². The fraction of sp³-hybridized carbons (Fsp3) is 0.667. The van der Waals surface area contributed by atoms with Crippen LogP contribution in [0.25, 0.3) is 10.6 Å². The van der Waals surface area contributed by atoms with Crippen LogP contribution in [0, 0.1) is 11.8 Å². The predicted octanol–water partition coefficient (Wildman–Crippen LogP) is 2.20. The van der Waals surface area contributed by atoms with E-state index in [0.29, 0.717) is 25.7 Å². The van der Waals surface area contributed by atoms with Gasteiger partial charge in [0.25, 0.3) is 0 Å². The summed E-state index contributed by atoms with van der Waals surface area (Å²) in [5.41, 5.74) is 0. The summed E-state index contributed by atoms with van der Waals surface area (Å²) < 4.78 is 0. The zero-order valence-electron chi connectivity index (χ0n) is 15.8. The van der Waals surface area contributed by atoms with Gasteiger partial charge in [-0.05, 0) is 25.7 Å². The molecule has 7 N–H and O–H groups in total. The number of rotatable bonds is 2. The first kappa shape index (κ1) is 34.6. The van der Waals surface area contributed by atoms with Crippen molar-refractivity contribution in [1.82, 2.24) is 0 Å². The van der Waals surface area contributed by atoms with Gasteiger partial charge in [-0.15, -0.1) is 25.7 Å². The van der Waals surface area contributed by atoms with E-state index >= 15 is 0 Å². The summed E-state index contributed by atoms with van der Waals surface area (Å²) in [5, 5.41) is 25.3. The van der Waals surface area contributed by atoms with Crippen molar-refractivity contribution in [3.63, 3.8) is 0 Å². The molecule has 0 amide bonds. The summed E-state index contributed by atoms with van der Waals surface area (Å²) in [5.74, 6) is -2.22. The Morgan fingerprint density at radius 3 is 1.46 bits per heavy atom. The summed E-state index contributed by atoms with van der Waals surface area (Å²) in [6, 6.07) is 0. The Morgan fingerprint density at radius 1 is 0.857 bits per heavy atom. The van der Waals surface area contributed by atoms with Crippen LogP contribution in [0.3, 0.4) is 0 Å². The molecular weight excluding hydrogens is 467 g/mol. The third-order valence-electron chi connectivity index (χ3n) is 4.21. The molecule has 1 saturated carbocycles. The zero-order chi connectivity index (χ0) is 17.6. The molecule has 3 rings (SSSR count). The number of piperidine rings is 1. The molecule has 172 valence electrons. The maximum atomic E-state index is 10.5. The number of carbonyl (C=O) groups is 2. The van der Waals surface area contributed by atoms with Crippen molar-refractivity contribution in [2.24, 2.45) is 11.8 Å². The Hall–Kier alpha value is -0.861. The molecule has 8 nitrogen and oxygen atoms in total. The van der Waals surface area contributed by atoms with Crippen LogP contribution in [-0.2, 0) is 49.2 Å². The van der Waals surface area contributed by atoms with Crippen LogP contribution in [0.5, 0.6) is 0 Å². The van der Waals surface area contributed by atoms with Crippen molar-refractivity contribution in [1.29, 1.82) is 0 Å². The summed E-state index contributed by atoms with van der Waals surface area (Å²) in [4.78, 5) is 21.0. The average molecular weight is 501 g/mol. The van der Waals surface area contributed by atoms with E-state index in [-0.39, 0.29) is 56.9 Å². The molecule has 2 radical (unpaired) electrons. The molecule has 0 bridgehead atoms. The Morgan fingerprint density at radius 2 is 1.32 bits per heavy atom. The Kier molecular flexibility index (Phi) is 27.7. The molecular formula is C18H33Cu2N2O6+. The normalized spacial score (nSPS) is 21.6. The number of hydrogen-bond acceptors (Lipinski definition) is 2. The van der Waals surface area contributed by atoms with Crippen LogP contribution in [0.4, 0.5) is 0 Å². The standard InChI is InChI=1S/C8H12O4.C5H10N.C5H6N.2Cu.2H2O/c9-7(10)5-1-2-6(4-3-5)8(11)12;2*1-2-4-6-5-3-1;;;;/h5-6H,1-4H2,(H,9,10)(H,11,12);1-5H2;1-4H,5H2;;;2*1H2/q;2*-1;;+2;;/p+1. The van der Waals surface area contributed by atoms with Gasteiger partial charge in [0, 0.05) is 17.1 Å². The van der Waals surface area contributed by atoms with E-state index in [4.69, 9.17) is 10.2 Å². The summed E-state index contributed by atoms with van der Waals surface area (Å²) in [7, 11) is 0. The fourth-order valence-electron chi connectivity index (χ4n) is 2.69. The van der Waals surface area contributed by atoms with Gasteiger partial charge in [0.05, 0.1) is 11.8 Å². The molecule has 0 spiro atoms. The predicted molar refractivity (Wildman–Crippen MR) is 103 cm³/mol. The molecule has 0 aromatic heterocycles. The fourth-order valence-corrected chi connectivity index (χ4v) is 2.69. The summed E-state index contributed by atoms with van der Waals surface area (Å²) in [6.07, 6.45) is 13.8. The van der Waals surface area contributed by atoms with Gasteiger partial charge in [-0.25, -0.2) is 0 Å². The molecule has 28 heavy (non-hydrogen) atoms. The van der Waals surface area contributed by atoms with Crippen LogP contribution in [0.15, 0.2) is 24.4 Å². The SMILES string of the molecule is C1=CC[N-]C=C1.C1CC[N-]CC1.O.O=C(O)C1CCC(C(=O)O)CC1.[Cu+2].[Cu].[OH3+]. The largest absolute Gasteiger partial charge is 2.00 e. The number of aliphatic carboxylic acids is 2. The first-order valence-corrected chi connectivity index (χ1v) is 8.68. The quantitative estimate of drug-likeness (QED) is 0.438. The molecule has 10 heteroatoms.